The topological polar surface area (TPSA) is 115 Å². The van der Waals surface area contributed by atoms with Crippen molar-refractivity contribution in [2.75, 3.05) is 20.7 Å². The van der Waals surface area contributed by atoms with Crippen LogP contribution in [0.25, 0.3) is 11.4 Å². The van der Waals surface area contributed by atoms with E-state index >= 15 is 0 Å². The lowest BCUT2D eigenvalue weighted by molar-refractivity contribution is -0.139. The molecule has 0 radical (unpaired) electrons. The molecule has 1 atom stereocenters. The zero-order valence-electron chi connectivity index (χ0n) is 19.0. The number of hydroxylamine groups is 2. The molecule has 0 unspecified atom stereocenters. The van der Waals surface area contributed by atoms with Gasteiger partial charge >= 0.3 is 6.16 Å². The van der Waals surface area contributed by atoms with Gasteiger partial charge in [0, 0.05) is 19.2 Å². The van der Waals surface area contributed by atoms with Crippen molar-refractivity contribution in [1.29, 1.82) is 0 Å². The molecule has 0 saturated heterocycles. The van der Waals surface area contributed by atoms with E-state index in [1.54, 1.807) is 0 Å². The zero-order valence-corrected chi connectivity index (χ0v) is 19.0. The molecular weight excluding hydrogens is 414 g/mol. The summed E-state index contributed by atoms with van der Waals surface area (Å²) in [5.41, 5.74) is 1.10. The molecule has 0 saturated carbocycles. The van der Waals surface area contributed by atoms with Gasteiger partial charge in [-0.05, 0) is 5.41 Å². The highest BCUT2D eigenvalue weighted by Gasteiger charge is 2.35. The highest BCUT2D eigenvalue weighted by atomic mass is 16.8. The number of fused-ring (bicyclic) bond motifs is 1. The summed E-state index contributed by atoms with van der Waals surface area (Å²) >= 11 is 0. The van der Waals surface area contributed by atoms with E-state index < -0.39 is 23.5 Å². The van der Waals surface area contributed by atoms with Crippen LogP contribution in [0.1, 0.15) is 37.0 Å². The number of ether oxygens (including phenoxy) is 1. The van der Waals surface area contributed by atoms with Crippen molar-refractivity contribution in [3.63, 3.8) is 0 Å². The van der Waals surface area contributed by atoms with Gasteiger partial charge in [-0.25, -0.2) is 9.78 Å². The molecule has 3 rings (SSSR count). The van der Waals surface area contributed by atoms with Gasteiger partial charge in [-0.2, -0.15) is 0 Å². The van der Waals surface area contributed by atoms with Gasteiger partial charge in [0.2, 0.25) is 5.91 Å². The Hall–Kier alpha value is -3.40. The highest BCUT2D eigenvalue weighted by Crippen LogP contribution is 2.27. The van der Waals surface area contributed by atoms with Crippen LogP contribution >= 0.6 is 0 Å². The smallest absolute Gasteiger partial charge is 0.436 e. The van der Waals surface area contributed by atoms with Gasteiger partial charge in [0.1, 0.15) is 11.9 Å². The van der Waals surface area contributed by atoms with E-state index in [0.717, 1.165) is 5.56 Å². The number of benzene rings is 1. The number of aromatic nitrogens is 2. The Morgan fingerprint density at radius 3 is 2.41 bits per heavy atom. The molecule has 2 amide bonds. The van der Waals surface area contributed by atoms with Crippen LogP contribution in [0.5, 0.6) is 0 Å². The van der Waals surface area contributed by atoms with Crippen LogP contribution in [-0.4, -0.2) is 59.3 Å². The number of carbonyl (C=O) groups excluding carboxylic acids is 3. The molecule has 2 N–H and O–H groups in total. The molecule has 10 nitrogen and oxygen atoms in total. The summed E-state index contributed by atoms with van der Waals surface area (Å²) in [4.78, 5) is 47.1. The fourth-order valence-electron chi connectivity index (χ4n) is 3.57. The van der Waals surface area contributed by atoms with Crippen molar-refractivity contribution in [1.82, 2.24) is 25.2 Å². The van der Waals surface area contributed by atoms with Gasteiger partial charge in [-0.3, -0.25) is 9.59 Å². The molecule has 0 fully saturated rings. The second-order valence-electron chi connectivity index (χ2n) is 8.54. The van der Waals surface area contributed by atoms with Crippen molar-refractivity contribution in [3.05, 3.63) is 41.7 Å². The third kappa shape index (κ3) is 4.91. The summed E-state index contributed by atoms with van der Waals surface area (Å²) in [5, 5.41) is 6.85. The lowest BCUT2D eigenvalue weighted by Crippen LogP contribution is -2.53. The van der Waals surface area contributed by atoms with Crippen molar-refractivity contribution in [2.24, 2.45) is 5.41 Å². The van der Waals surface area contributed by atoms with E-state index in [9.17, 15) is 14.4 Å². The van der Waals surface area contributed by atoms with E-state index in [1.807, 2.05) is 55.7 Å². The fourth-order valence-corrected chi connectivity index (χ4v) is 3.57. The Morgan fingerprint density at radius 2 is 1.81 bits per heavy atom. The summed E-state index contributed by atoms with van der Waals surface area (Å²) in [6.45, 7) is 6.63. The van der Waals surface area contributed by atoms with Crippen molar-refractivity contribution in [2.45, 2.75) is 39.9 Å². The lowest BCUT2D eigenvalue weighted by atomic mass is 9.86. The Morgan fingerprint density at radius 1 is 1.12 bits per heavy atom. The largest absolute Gasteiger partial charge is 0.527 e. The van der Waals surface area contributed by atoms with E-state index in [-0.39, 0.29) is 18.1 Å². The predicted molar refractivity (Wildman–Crippen MR) is 116 cm³/mol. The molecule has 10 heteroatoms. The summed E-state index contributed by atoms with van der Waals surface area (Å²) < 4.78 is 6.51. The summed E-state index contributed by atoms with van der Waals surface area (Å²) in [6, 6.07) is 8.76. The van der Waals surface area contributed by atoms with Gasteiger partial charge in [0.05, 0.1) is 25.9 Å². The van der Waals surface area contributed by atoms with Gasteiger partial charge in [-0.1, -0.05) is 51.1 Å². The van der Waals surface area contributed by atoms with E-state index in [0.29, 0.717) is 24.6 Å². The van der Waals surface area contributed by atoms with Gasteiger partial charge < -0.3 is 24.8 Å². The van der Waals surface area contributed by atoms with Crippen LogP contribution in [0.15, 0.2) is 30.3 Å². The number of carbonyl (C=O) groups is 3. The van der Waals surface area contributed by atoms with Gasteiger partial charge in [0.25, 0.3) is 5.91 Å². The standard InChI is InChI=1S/C22H29N5O5/c1-22(2,3)17(20(29)23-4)25-19(28)16-15-13-26(32-21(30)31-5)11-12-27(15)18(24-16)14-9-7-6-8-10-14/h6-10,17H,11-13H2,1-5H3,(H,23,29)(H,25,28)/t17-/m1/s1. The molecule has 1 aromatic carbocycles. The Balaban J connectivity index is 1.99. The molecular formula is C22H29N5O5. The van der Waals surface area contributed by atoms with E-state index in [4.69, 9.17) is 4.84 Å². The monoisotopic (exact) mass is 443 g/mol. The molecule has 172 valence electrons. The summed E-state index contributed by atoms with van der Waals surface area (Å²) in [7, 11) is 2.76. The maximum atomic E-state index is 13.3. The fraction of sp³-hybridized carbons (Fsp3) is 0.455. The molecule has 2 heterocycles. The number of nitrogens with zero attached hydrogens (tertiary/aromatic N) is 3. The molecule has 0 bridgehead atoms. The second-order valence-corrected chi connectivity index (χ2v) is 8.54. The Kier molecular flexibility index (Phi) is 6.83. The number of imidazole rings is 1. The van der Waals surface area contributed by atoms with Crippen LogP contribution in [-0.2, 0) is 27.5 Å². The van der Waals surface area contributed by atoms with Crippen LogP contribution < -0.4 is 10.6 Å². The SMILES string of the molecule is CNC(=O)[C@@H](NC(=O)c1nc(-c2ccccc2)n2c1CN(OC(=O)OC)CC2)C(C)(C)C. The first-order valence-electron chi connectivity index (χ1n) is 10.3. The maximum Gasteiger partial charge on any atom is 0.527 e. The lowest BCUT2D eigenvalue weighted by Gasteiger charge is -2.30. The quantitative estimate of drug-likeness (QED) is 0.679. The average Bonchev–Trinajstić information content (AvgIpc) is 3.15. The van der Waals surface area contributed by atoms with Crippen molar-refractivity contribution >= 4 is 18.0 Å². The number of hydrogen-bond donors (Lipinski definition) is 2. The maximum absolute atomic E-state index is 13.3. The molecule has 32 heavy (non-hydrogen) atoms. The van der Waals surface area contributed by atoms with Gasteiger partial charge in [0.15, 0.2) is 5.69 Å². The minimum absolute atomic E-state index is 0.151. The van der Waals surface area contributed by atoms with E-state index in [2.05, 4.69) is 20.4 Å². The van der Waals surface area contributed by atoms with Crippen LogP contribution in [0.2, 0.25) is 0 Å². The third-order valence-electron chi connectivity index (χ3n) is 5.24. The molecule has 2 aromatic rings. The van der Waals surface area contributed by atoms with Crippen molar-refractivity contribution < 1.29 is 24.0 Å². The first-order chi connectivity index (χ1) is 15.2. The zero-order chi connectivity index (χ0) is 23.5. The molecule has 1 aromatic heterocycles. The van der Waals surface area contributed by atoms with Crippen LogP contribution in [0.4, 0.5) is 4.79 Å². The van der Waals surface area contributed by atoms with Crippen LogP contribution in [0.3, 0.4) is 0 Å². The van der Waals surface area contributed by atoms with Crippen molar-refractivity contribution in [3.8, 4) is 11.4 Å². The normalized spacial score (nSPS) is 14.8. The third-order valence-corrected chi connectivity index (χ3v) is 5.24. The minimum atomic E-state index is -0.834. The minimum Gasteiger partial charge on any atom is -0.436 e. The number of methoxy groups -OCH3 is 1. The summed E-state index contributed by atoms with van der Waals surface area (Å²) in [6.07, 6.45) is -0.834. The molecule has 1 aliphatic rings. The van der Waals surface area contributed by atoms with Crippen LogP contribution in [0, 0.1) is 5.41 Å². The first-order valence-corrected chi connectivity index (χ1v) is 10.3. The predicted octanol–water partition coefficient (Wildman–Crippen LogP) is 1.95. The number of nitrogens with one attached hydrogen (secondary N) is 2. The van der Waals surface area contributed by atoms with Gasteiger partial charge in [-0.15, -0.1) is 5.06 Å². The Labute approximate surface area is 186 Å². The molecule has 0 spiro atoms. The second kappa shape index (κ2) is 9.39. The number of likely N-dealkylation sites (N-methyl/N-ethyl adjacent to an activating group) is 1. The number of rotatable bonds is 5. The molecule has 1 aliphatic heterocycles. The number of amides is 2. The number of hydrogen-bond acceptors (Lipinski definition) is 7. The molecule has 0 aliphatic carbocycles. The van der Waals surface area contributed by atoms with E-state index in [1.165, 1.54) is 19.2 Å². The average molecular weight is 444 g/mol. The summed E-state index contributed by atoms with van der Waals surface area (Å²) in [5.74, 6) is -0.132. The highest BCUT2D eigenvalue weighted by molar-refractivity contribution is 5.97. The Bertz CT molecular complexity index is 996. The first kappa shape index (κ1) is 23.3.